The lowest BCUT2D eigenvalue weighted by atomic mass is 9.95. The van der Waals surface area contributed by atoms with E-state index in [0.29, 0.717) is 40.2 Å². The molecule has 0 saturated heterocycles. The molecule has 0 bridgehead atoms. The number of allylic oxidation sites excluding steroid dienone is 2. The van der Waals surface area contributed by atoms with E-state index in [1.165, 1.54) is 24.4 Å². The number of nitrogens with zero attached hydrogens (tertiary/aromatic N) is 3. The number of anilines is 2. The lowest BCUT2D eigenvalue weighted by Crippen LogP contribution is -2.29. The zero-order valence-corrected chi connectivity index (χ0v) is 22.7. The number of dihydropyridines is 1. The van der Waals surface area contributed by atoms with Crippen LogP contribution in [0.15, 0.2) is 66.4 Å². The molecule has 2 heterocycles. The van der Waals surface area contributed by atoms with E-state index in [1.807, 2.05) is 7.05 Å². The number of aromatic nitrogens is 2. The molecule has 1 aliphatic rings. The highest BCUT2D eigenvalue weighted by atomic mass is 19.4. The molecule has 3 N–H and O–H groups in total. The average Bonchev–Trinajstić information content (AvgIpc) is 2.93. The van der Waals surface area contributed by atoms with Crippen molar-refractivity contribution < 1.29 is 26.3 Å². The van der Waals surface area contributed by atoms with Gasteiger partial charge in [-0.15, -0.1) is 0 Å². The van der Waals surface area contributed by atoms with Gasteiger partial charge in [0, 0.05) is 30.6 Å². The summed E-state index contributed by atoms with van der Waals surface area (Å²) >= 11 is 0. The lowest BCUT2D eigenvalue weighted by Gasteiger charge is -2.25. The quantitative estimate of drug-likeness (QED) is 0.178. The van der Waals surface area contributed by atoms with Crippen LogP contribution in [0.5, 0.6) is 0 Å². The van der Waals surface area contributed by atoms with Crippen molar-refractivity contribution in [3.8, 4) is 0 Å². The van der Waals surface area contributed by atoms with E-state index in [9.17, 15) is 26.3 Å². The fourth-order valence-corrected chi connectivity index (χ4v) is 4.41. The SMILES string of the molecule is CCN(C)CCNCCCc1nc(Nc2ccc(C(F)(F)F)cc2)c2ccc(C3NC=CC=C3C(F)(F)F)cc2n1. The maximum atomic E-state index is 13.7. The number of hydrogen-bond acceptors (Lipinski definition) is 6. The summed E-state index contributed by atoms with van der Waals surface area (Å²) in [4.78, 5) is 11.5. The molecule has 6 nitrogen and oxygen atoms in total. The van der Waals surface area contributed by atoms with Crippen LogP contribution in [0.3, 0.4) is 0 Å². The van der Waals surface area contributed by atoms with Gasteiger partial charge in [-0.2, -0.15) is 26.3 Å². The molecule has 3 aromatic rings. The highest BCUT2D eigenvalue weighted by molar-refractivity contribution is 5.91. The summed E-state index contributed by atoms with van der Waals surface area (Å²) < 4.78 is 80.2. The predicted molar refractivity (Wildman–Crippen MR) is 148 cm³/mol. The maximum absolute atomic E-state index is 13.7. The Morgan fingerprint density at radius 3 is 2.39 bits per heavy atom. The molecule has 1 aromatic heterocycles. The molecule has 0 aliphatic carbocycles. The Morgan fingerprint density at radius 1 is 0.951 bits per heavy atom. The molecule has 0 radical (unpaired) electrons. The molecule has 0 saturated carbocycles. The highest BCUT2D eigenvalue weighted by Crippen LogP contribution is 2.38. The van der Waals surface area contributed by atoms with E-state index in [-0.39, 0.29) is 0 Å². The molecule has 12 heteroatoms. The minimum absolute atomic E-state index is 0.358. The monoisotopic (exact) mass is 578 g/mol. The average molecular weight is 579 g/mol. The number of fused-ring (bicyclic) bond motifs is 1. The van der Waals surface area contributed by atoms with Crippen LogP contribution in [-0.2, 0) is 12.6 Å². The second kappa shape index (κ2) is 12.9. The summed E-state index contributed by atoms with van der Waals surface area (Å²) in [6.45, 7) is 5.49. The predicted octanol–water partition coefficient (Wildman–Crippen LogP) is 6.51. The Hall–Kier alpha value is -3.64. The van der Waals surface area contributed by atoms with Crippen LogP contribution in [0.1, 0.15) is 36.3 Å². The largest absolute Gasteiger partial charge is 0.416 e. The summed E-state index contributed by atoms with van der Waals surface area (Å²) in [7, 11) is 2.04. The van der Waals surface area contributed by atoms with Crippen molar-refractivity contribution in [1.29, 1.82) is 0 Å². The van der Waals surface area contributed by atoms with E-state index in [0.717, 1.165) is 50.8 Å². The number of rotatable bonds is 11. The first-order valence-corrected chi connectivity index (χ1v) is 13.3. The smallest absolute Gasteiger partial charge is 0.380 e. The second-order valence-electron chi connectivity index (χ2n) is 9.79. The molecule has 0 amide bonds. The topological polar surface area (TPSA) is 65.1 Å². The summed E-state index contributed by atoms with van der Waals surface area (Å²) in [5.74, 6) is 0.830. The van der Waals surface area contributed by atoms with Gasteiger partial charge in [-0.1, -0.05) is 19.1 Å². The van der Waals surface area contributed by atoms with Gasteiger partial charge in [-0.05, 0) is 80.8 Å². The van der Waals surface area contributed by atoms with Crippen molar-refractivity contribution in [3.63, 3.8) is 0 Å². The number of likely N-dealkylation sites (N-methyl/N-ethyl adjacent to an activating group) is 1. The van der Waals surface area contributed by atoms with Gasteiger partial charge in [-0.25, -0.2) is 9.97 Å². The third-order valence-electron chi connectivity index (χ3n) is 6.81. The van der Waals surface area contributed by atoms with Gasteiger partial charge >= 0.3 is 12.4 Å². The van der Waals surface area contributed by atoms with Crippen molar-refractivity contribution in [2.45, 2.75) is 38.2 Å². The molecule has 1 aliphatic heterocycles. The first-order valence-electron chi connectivity index (χ1n) is 13.3. The van der Waals surface area contributed by atoms with Gasteiger partial charge in [0.2, 0.25) is 0 Å². The Bertz CT molecular complexity index is 1380. The fraction of sp³-hybridized carbons (Fsp3) is 0.379. The van der Waals surface area contributed by atoms with Crippen molar-refractivity contribution >= 4 is 22.4 Å². The van der Waals surface area contributed by atoms with Crippen LogP contribution in [0.4, 0.5) is 37.8 Å². The van der Waals surface area contributed by atoms with Crippen molar-refractivity contribution in [1.82, 2.24) is 25.5 Å². The summed E-state index contributed by atoms with van der Waals surface area (Å²) in [6, 6.07) is 8.23. The van der Waals surface area contributed by atoms with Crippen LogP contribution in [-0.4, -0.2) is 54.3 Å². The second-order valence-corrected chi connectivity index (χ2v) is 9.79. The minimum Gasteiger partial charge on any atom is -0.380 e. The van der Waals surface area contributed by atoms with Gasteiger partial charge in [-0.3, -0.25) is 0 Å². The molecule has 1 atom stereocenters. The summed E-state index contributed by atoms with van der Waals surface area (Å²) in [5, 5.41) is 9.75. The van der Waals surface area contributed by atoms with Gasteiger partial charge in [0.1, 0.15) is 11.6 Å². The van der Waals surface area contributed by atoms with Crippen molar-refractivity contribution in [2.24, 2.45) is 0 Å². The fourth-order valence-electron chi connectivity index (χ4n) is 4.41. The van der Waals surface area contributed by atoms with Crippen LogP contribution >= 0.6 is 0 Å². The zero-order chi connectivity index (χ0) is 29.6. The normalized spacial score (nSPS) is 15.7. The number of benzene rings is 2. The standard InChI is InChI=1S/C29H32F6N6/c1-3-41(2)17-16-36-14-5-7-25-39-24-18-19(26-23(29(33,34)35)6-4-15-37-26)8-13-22(24)27(40-25)38-21-11-9-20(10-12-21)28(30,31)32/h4,6,8-13,15,18,26,36-37H,3,5,7,14,16-17H2,1-2H3,(H,38,39,40). The molecule has 2 aromatic carbocycles. The molecule has 220 valence electrons. The molecular formula is C29H32F6N6. The van der Waals surface area contributed by atoms with E-state index >= 15 is 0 Å². The molecular weight excluding hydrogens is 546 g/mol. The highest BCUT2D eigenvalue weighted by Gasteiger charge is 2.39. The van der Waals surface area contributed by atoms with Crippen LogP contribution < -0.4 is 16.0 Å². The maximum Gasteiger partial charge on any atom is 0.416 e. The zero-order valence-electron chi connectivity index (χ0n) is 22.7. The van der Waals surface area contributed by atoms with Gasteiger partial charge in [0.15, 0.2) is 0 Å². The third kappa shape index (κ3) is 7.98. The number of alkyl halides is 6. The Morgan fingerprint density at radius 2 is 1.71 bits per heavy atom. The first-order chi connectivity index (χ1) is 19.5. The Labute approximate surface area is 234 Å². The number of halogens is 6. The molecule has 41 heavy (non-hydrogen) atoms. The van der Waals surface area contributed by atoms with Gasteiger partial charge < -0.3 is 20.9 Å². The van der Waals surface area contributed by atoms with Crippen LogP contribution in [0.2, 0.25) is 0 Å². The lowest BCUT2D eigenvalue weighted by molar-refractivity contribution is -0.137. The first kappa shape index (κ1) is 30.3. The molecule has 1 unspecified atom stereocenters. The van der Waals surface area contributed by atoms with Gasteiger partial charge in [0.05, 0.1) is 22.7 Å². The Kier molecular flexibility index (Phi) is 9.54. The molecule has 0 fully saturated rings. The van der Waals surface area contributed by atoms with E-state index in [1.54, 1.807) is 18.2 Å². The number of hydrogen-bond donors (Lipinski definition) is 3. The molecule has 4 rings (SSSR count). The van der Waals surface area contributed by atoms with Gasteiger partial charge in [0.25, 0.3) is 0 Å². The summed E-state index contributed by atoms with van der Waals surface area (Å²) in [5.41, 5.74) is -0.316. The molecule has 0 spiro atoms. The van der Waals surface area contributed by atoms with E-state index in [4.69, 9.17) is 0 Å². The Balaban J connectivity index is 1.61. The minimum atomic E-state index is -4.53. The van der Waals surface area contributed by atoms with Crippen molar-refractivity contribution in [2.75, 3.05) is 38.5 Å². The van der Waals surface area contributed by atoms with Crippen LogP contribution in [0, 0.1) is 0 Å². The van der Waals surface area contributed by atoms with Crippen molar-refractivity contribution in [3.05, 3.63) is 83.3 Å². The van der Waals surface area contributed by atoms with Crippen LogP contribution in [0.25, 0.3) is 10.9 Å². The summed E-state index contributed by atoms with van der Waals surface area (Å²) in [6.07, 6.45) is -3.97. The van der Waals surface area contributed by atoms with E-state index < -0.39 is 29.5 Å². The number of aryl methyl sites for hydroxylation is 1. The van der Waals surface area contributed by atoms with E-state index in [2.05, 4.69) is 37.7 Å². The number of nitrogens with one attached hydrogen (secondary N) is 3. The third-order valence-corrected chi connectivity index (χ3v) is 6.81.